The van der Waals surface area contributed by atoms with E-state index >= 15 is 0 Å². The Labute approximate surface area is 217 Å². The molecule has 1 atom stereocenters. The summed E-state index contributed by atoms with van der Waals surface area (Å²) in [6.07, 6.45) is 6.80. The molecule has 0 aliphatic carbocycles. The van der Waals surface area contributed by atoms with Gasteiger partial charge in [-0.15, -0.1) is 0 Å². The summed E-state index contributed by atoms with van der Waals surface area (Å²) in [6.45, 7) is 3.29. The second-order valence-electron chi connectivity index (χ2n) is 9.12. The van der Waals surface area contributed by atoms with E-state index in [1.807, 2.05) is 12.3 Å². The minimum atomic E-state index is -0.469. The first-order chi connectivity index (χ1) is 17.7. The fraction of sp³-hybridized carbons (Fsp3) is 0.188. The molecule has 1 aliphatic heterocycles. The first kappa shape index (κ1) is 24.2. The fourth-order valence-electron chi connectivity index (χ4n) is 5.38. The molecule has 36 heavy (non-hydrogen) atoms. The number of hydrogen-bond donors (Lipinski definition) is 0. The van der Waals surface area contributed by atoms with Crippen LogP contribution in [0.4, 0.5) is 0 Å². The molecule has 1 aromatic heterocycles. The molecule has 0 N–H and O–H groups in total. The zero-order valence-electron chi connectivity index (χ0n) is 20.5. The molecular weight excluding hydrogens is 460 g/mol. The maximum atomic E-state index is 12.2. The Bertz CT molecular complexity index is 1210. The molecule has 4 heteroatoms. The van der Waals surface area contributed by atoms with Crippen molar-refractivity contribution in [2.75, 3.05) is 13.1 Å². The van der Waals surface area contributed by atoms with Crippen molar-refractivity contribution in [3.05, 3.63) is 143 Å². The third-order valence-electron chi connectivity index (χ3n) is 6.84. The van der Waals surface area contributed by atoms with Gasteiger partial charge in [0.25, 0.3) is 0 Å². The first-order valence-corrected chi connectivity index (χ1v) is 13.2. The van der Waals surface area contributed by atoms with Crippen molar-refractivity contribution < 1.29 is 4.79 Å². The molecule has 0 radical (unpaired) electrons. The highest BCUT2D eigenvalue weighted by Gasteiger charge is 2.44. The third-order valence-corrected chi connectivity index (χ3v) is 8.00. The number of likely N-dealkylation sites (tertiary alicyclic amines) is 1. The molecule has 4 aromatic rings. The van der Waals surface area contributed by atoms with Crippen LogP contribution in [0.15, 0.2) is 121 Å². The normalized spacial score (nSPS) is 17.7. The van der Waals surface area contributed by atoms with Gasteiger partial charge in [0.2, 0.25) is 0 Å². The van der Waals surface area contributed by atoms with E-state index < -0.39 is 5.54 Å². The molecule has 1 unspecified atom stereocenters. The largest absolute Gasteiger partial charge is 0.288 e. The van der Waals surface area contributed by atoms with Crippen LogP contribution in [0.2, 0.25) is 0 Å². The van der Waals surface area contributed by atoms with Crippen molar-refractivity contribution in [2.24, 2.45) is 0 Å². The maximum absolute atomic E-state index is 12.2. The highest BCUT2D eigenvalue weighted by atomic mass is 32.2. The van der Waals surface area contributed by atoms with Crippen molar-refractivity contribution in [1.82, 2.24) is 9.88 Å². The number of carbonyl (C=O) groups excluding carboxylic acids is 1. The Morgan fingerprint density at radius 2 is 1.42 bits per heavy atom. The van der Waals surface area contributed by atoms with Gasteiger partial charge in [-0.2, -0.15) is 0 Å². The summed E-state index contributed by atoms with van der Waals surface area (Å²) >= 11 is 1.45. The van der Waals surface area contributed by atoms with Gasteiger partial charge in [0.1, 0.15) is 0 Å². The van der Waals surface area contributed by atoms with E-state index in [1.165, 1.54) is 34.0 Å². The van der Waals surface area contributed by atoms with Gasteiger partial charge in [-0.1, -0.05) is 115 Å². The van der Waals surface area contributed by atoms with Crippen LogP contribution in [0.1, 0.15) is 35.6 Å². The Kier molecular flexibility index (Phi) is 7.45. The average Bonchev–Trinajstić information content (AvgIpc) is 2.93. The van der Waals surface area contributed by atoms with Crippen LogP contribution in [0.5, 0.6) is 0 Å². The van der Waals surface area contributed by atoms with E-state index in [0.717, 1.165) is 25.1 Å². The molecule has 2 heterocycles. The van der Waals surface area contributed by atoms with Crippen molar-refractivity contribution >= 4 is 23.0 Å². The van der Waals surface area contributed by atoms with Gasteiger partial charge in [-0.3, -0.25) is 14.7 Å². The summed E-state index contributed by atoms with van der Waals surface area (Å²) in [4.78, 5) is 19.1. The molecule has 0 spiro atoms. The van der Waals surface area contributed by atoms with Crippen LogP contribution in [-0.4, -0.2) is 33.3 Å². The third kappa shape index (κ3) is 4.92. The van der Waals surface area contributed by atoms with Crippen LogP contribution in [0.25, 0.3) is 6.08 Å². The van der Waals surface area contributed by atoms with Gasteiger partial charge < -0.3 is 0 Å². The molecule has 1 saturated heterocycles. The Morgan fingerprint density at radius 3 is 1.89 bits per heavy atom. The van der Waals surface area contributed by atoms with Crippen molar-refractivity contribution in [3.63, 3.8) is 0 Å². The van der Waals surface area contributed by atoms with Gasteiger partial charge in [0.15, 0.2) is 5.12 Å². The smallest absolute Gasteiger partial charge is 0.186 e. The molecule has 0 saturated carbocycles. The summed E-state index contributed by atoms with van der Waals surface area (Å²) in [5, 5.41) is 0.310. The number of rotatable bonds is 6. The van der Waals surface area contributed by atoms with Crippen LogP contribution in [-0.2, 0) is 10.3 Å². The van der Waals surface area contributed by atoms with Crippen molar-refractivity contribution in [3.8, 4) is 0 Å². The highest BCUT2D eigenvalue weighted by molar-refractivity contribution is 8.14. The summed E-state index contributed by atoms with van der Waals surface area (Å²) in [5.41, 5.74) is 5.56. The SMILES string of the molecule is CC(=O)SC1CCN(C(c2ccccc2)(c2ccccc2)c2ccccc2)C/C1=C\c1cccnc1. The second-order valence-corrected chi connectivity index (χ2v) is 10.5. The number of benzene rings is 3. The standard InChI is InChI=1S/C32H30N2OS/c1-25(35)36-31-19-21-34(24-27(31)22-26-12-11-20-33-23-26)32(28-13-5-2-6-14-28,29-15-7-3-8-16-29)30-17-9-4-10-18-30/h2-18,20,22-23,31H,19,21,24H2,1H3/b27-22+. The minimum absolute atomic E-state index is 0.152. The summed E-state index contributed by atoms with van der Waals surface area (Å²) in [5.74, 6) is 0. The monoisotopic (exact) mass is 490 g/mol. The number of carbonyl (C=O) groups is 1. The topological polar surface area (TPSA) is 33.2 Å². The lowest BCUT2D eigenvalue weighted by atomic mass is 9.74. The van der Waals surface area contributed by atoms with E-state index in [4.69, 9.17) is 0 Å². The lowest BCUT2D eigenvalue weighted by molar-refractivity contribution is -0.109. The lowest BCUT2D eigenvalue weighted by Crippen LogP contribution is -2.52. The average molecular weight is 491 g/mol. The Hall–Kier alpha value is -3.47. The number of aromatic nitrogens is 1. The van der Waals surface area contributed by atoms with Gasteiger partial charge in [-0.25, -0.2) is 0 Å². The van der Waals surface area contributed by atoms with E-state index in [-0.39, 0.29) is 10.4 Å². The van der Waals surface area contributed by atoms with Gasteiger partial charge >= 0.3 is 0 Å². The quantitative estimate of drug-likeness (QED) is 0.278. The van der Waals surface area contributed by atoms with Crippen LogP contribution in [0, 0.1) is 0 Å². The molecule has 1 fully saturated rings. The summed E-state index contributed by atoms with van der Waals surface area (Å²) in [6, 6.07) is 36.4. The zero-order valence-corrected chi connectivity index (χ0v) is 21.3. The summed E-state index contributed by atoms with van der Waals surface area (Å²) in [7, 11) is 0. The van der Waals surface area contributed by atoms with Crippen LogP contribution >= 0.6 is 11.8 Å². The number of thioether (sulfide) groups is 1. The van der Waals surface area contributed by atoms with Crippen molar-refractivity contribution in [2.45, 2.75) is 24.1 Å². The Morgan fingerprint density at radius 1 is 0.861 bits per heavy atom. The van der Waals surface area contributed by atoms with E-state index in [2.05, 4.69) is 113 Å². The van der Waals surface area contributed by atoms with Crippen LogP contribution < -0.4 is 0 Å². The Balaban J connectivity index is 1.69. The lowest BCUT2D eigenvalue weighted by Gasteiger charge is -2.49. The number of nitrogens with zero attached hydrogens (tertiary/aromatic N) is 2. The van der Waals surface area contributed by atoms with Gasteiger partial charge in [-0.05, 0) is 40.3 Å². The second kappa shape index (κ2) is 11.1. The fourth-order valence-corrected chi connectivity index (χ4v) is 6.30. The molecule has 0 bridgehead atoms. The zero-order chi connectivity index (χ0) is 24.8. The molecule has 180 valence electrons. The molecule has 3 nitrogen and oxygen atoms in total. The van der Waals surface area contributed by atoms with Gasteiger partial charge in [0, 0.05) is 37.7 Å². The molecular formula is C32H30N2OS. The van der Waals surface area contributed by atoms with E-state index in [9.17, 15) is 4.79 Å². The van der Waals surface area contributed by atoms with Crippen molar-refractivity contribution in [1.29, 1.82) is 0 Å². The number of hydrogen-bond acceptors (Lipinski definition) is 4. The number of piperidine rings is 1. The van der Waals surface area contributed by atoms with E-state index in [1.54, 1.807) is 13.1 Å². The predicted octanol–water partition coefficient (Wildman–Crippen LogP) is 6.81. The number of pyridine rings is 1. The molecule has 3 aromatic carbocycles. The molecule has 5 rings (SSSR count). The van der Waals surface area contributed by atoms with Gasteiger partial charge in [0.05, 0.1) is 5.54 Å². The molecule has 0 amide bonds. The predicted molar refractivity (Wildman–Crippen MR) is 150 cm³/mol. The van der Waals surface area contributed by atoms with Crippen LogP contribution in [0.3, 0.4) is 0 Å². The molecule has 1 aliphatic rings. The summed E-state index contributed by atoms with van der Waals surface area (Å²) < 4.78 is 0. The maximum Gasteiger partial charge on any atom is 0.186 e. The van der Waals surface area contributed by atoms with E-state index in [0.29, 0.717) is 0 Å². The minimum Gasteiger partial charge on any atom is -0.288 e. The highest BCUT2D eigenvalue weighted by Crippen LogP contribution is 2.45. The first-order valence-electron chi connectivity index (χ1n) is 12.4.